The lowest BCUT2D eigenvalue weighted by Crippen LogP contribution is -1.98. The Morgan fingerprint density at radius 2 is 1.81 bits per heavy atom. The Bertz CT molecular complexity index is 1430. The maximum Gasteiger partial charge on any atom is 0.160 e. The third-order valence-corrected chi connectivity index (χ3v) is 6.29. The number of rotatable bonds is 4. The lowest BCUT2D eigenvalue weighted by atomic mass is 10.1. The van der Waals surface area contributed by atoms with Crippen LogP contribution in [-0.4, -0.2) is 24.3 Å². The number of hydrogen-bond donors (Lipinski definition) is 0. The van der Waals surface area contributed by atoms with Crippen molar-refractivity contribution in [3.05, 3.63) is 63.9 Å². The third-order valence-electron chi connectivity index (χ3n) is 5.55. The monoisotopic (exact) mass is 493 g/mol. The largest absolute Gasteiger partial charge is 0.350 e. The van der Waals surface area contributed by atoms with Gasteiger partial charge in [-0.2, -0.15) is 5.10 Å². The molecule has 0 radical (unpaired) electrons. The summed E-state index contributed by atoms with van der Waals surface area (Å²) in [4.78, 5) is 10.0. The Morgan fingerprint density at radius 3 is 2.55 bits per heavy atom. The Hall–Kier alpha value is -2.70. The molecule has 2 aromatic carbocycles. The molecule has 0 unspecified atom stereocenters. The first-order valence-corrected chi connectivity index (χ1v) is 11.4. The van der Waals surface area contributed by atoms with Gasteiger partial charge in [0.25, 0.3) is 0 Å². The Morgan fingerprint density at radius 1 is 1.03 bits per heavy atom. The summed E-state index contributed by atoms with van der Waals surface area (Å²) in [5.74, 6) is 0.677. The number of fused-ring (bicyclic) bond motifs is 2. The van der Waals surface area contributed by atoms with Crippen LogP contribution in [-0.2, 0) is 20.5 Å². The highest BCUT2D eigenvalue weighted by Crippen LogP contribution is 2.36. The molecule has 5 aromatic rings. The minimum atomic E-state index is 0.677. The molecule has 0 aliphatic rings. The summed E-state index contributed by atoms with van der Waals surface area (Å²) < 4.78 is 5.08. The van der Waals surface area contributed by atoms with Gasteiger partial charge in [-0.25, -0.2) is 9.97 Å². The summed E-state index contributed by atoms with van der Waals surface area (Å²) in [5, 5.41) is 6.62. The normalized spacial score (nSPS) is 11.6. The van der Waals surface area contributed by atoms with E-state index in [2.05, 4.69) is 58.9 Å². The summed E-state index contributed by atoms with van der Waals surface area (Å²) in [7, 11) is 4.03. The number of nitrogens with zero attached hydrogens (tertiary/aromatic N) is 5. The highest BCUT2D eigenvalue weighted by molar-refractivity contribution is 9.10. The van der Waals surface area contributed by atoms with Crippen molar-refractivity contribution in [1.29, 1.82) is 0 Å². The summed E-state index contributed by atoms with van der Waals surface area (Å²) in [6, 6.07) is 14.0. The van der Waals surface area contributed by atoms with Gasteiger partial charge < -0.3 is 4.57 Å². The van der Waals surface area contributed by atoms with Crippen LogP contribution in [0, 0.1) is 0 Å². The summed E-state index contributed by atoms with van der Waals surface area (Å²) >= 11 is 9.74. The minimum absolute atomic E-state index is 0.677. The van der Waals surface area contributed by atoms with Gasteiger partial charge in [0.1, 0.15) is 16.7 Å². The molecule has 0 saturated heterocycles. The maximum absolute atomic E-state index is 6.11. The average Bonchev–Trinajstić information content (AvgIpc) is 3.25. The zero-order valence-corrected chi connectivity index (χ0v) is 19.9. The molecule has 0 spiro atoms. The fourth-order valence-electron chi connectivity index (χ4n) is 4.12. The van der Waals surface area contributed by atoms with Gasteiger partial charge in [0.05, 0.1) is 5.69 Å². The topological polar surface area (TPSA) is 48.5 Å². The molecule has 0 aliphatic heterocycles. The van der Waals surface area contributed by atoms with Crippen LogP contribution in [0.25, 0.3) is 44.6 Å². The second-order valence-electron chi connectivity index (χ2n) is 7.74. The zero-order chi connectivity index (χ0) is 21.7. The lowest BCUT2D eigenvalue weighted by Gasteiger charge is -2.08. The number of aryl methyl sites for hydroxylation is 3. The van der Waals surface area contributed by atoms with Crippen molar-refractivity contribution < 1.29 is 0 Å². The van der Waals surface area contributed by atoms with Crippen LogP contribution in [0.15, 0.2) is 53.1 Å². The molecule has 7 heteroatoms. The molecule has 0 saturated carbocycles. The van der Waals surface area contributed by atoms with Crippen LogP contribution in [0.4, 0.5) is 0 Å². The molecule has 0 bridgehead atoms. The molecule has 31 heavy (non-hydrogen) atoms. The third kappa shape index (κ3) is 3.44. The van der Waals surface area contributed by atoms with Crippen LogP contribution in [0.5, 0.6) is 0 Å². The number of benzene rings is 2. The minimum Gasteiger partial charge on any atom is -0.350 e. The van der Waals surface area contributed by atoms with E-state index >= 15 is 0 Å². The zero-order valence-electron chi connectivity index (χ0n) is 17.5. The predicted octanol–water partition coefficient (Wildman–Crippen LogP) is 6.56. The molecule has 156 valence electrons. The van der Waals surface area contributed by atoms with E-state index in [1.807, 2.05) is 36.0 Å². The molecule has 0 fully saturated rings. The molecule has 3 aromatic heterocycles. The first-order chi connectivity index (χ1) is 15.0. The summed E-state index contributed by atoms with van der Waals surface area (Å²) in [5.41, 5.74) is 6.89. The highest BCUT2D eigenvalue weighted by atomic mass is 79.9. The van der Waals surface area contributed by atoms with Crippen molar-refractivity contribution in [1.82, 2.24) is 24.3 Å². The SMILES string of the molecule is CCCc1nn(C)c2c(-c3cn(C)c4ccc(Br)cc34)nc(-c3ccc(Cl)cc3)nc12. The average molecular weight is 495 g/mol. The molecule has 5 rings (SSSR count). The van der Waals surface area contributed by atoms with E-state index < -0.39 is 0 Å². The number of aromatic nitrogens is 5. The van der Waals surface area contributed by atoms with Crippen molar-refractivity contribution in [2.75, 3.05) is 0 Å². The van der Waals surface area contributed by atoms with E-state index in [4.69, 9.17) is 26.7 Å². The van der Waals surface area contributed by atoms with Gasteiger partial charge in [-0.05, 0) is 48.9 Å². The molecule has 5 nitrogen and oxygen atoms in total. The van der Waals surface area contributed by atoms with E-state index in [-0.39, 0.29) is 0 Å². The van der Waals surface area contributed by atoms with Crippen molar-refractivity contribution in [3.63, 3.8) is 0 Å². The van der Waals surface area contributed by atoms with Crippen LogP contribution < -0.4 is 0 Å². The van der Waals surface area contributed by atoms with Gasteiger partial charge in [-0.15, -0.1) is 0 Å². The first kappa shape index (κ1) is 20.2. The smallest absolute Gasteiger partial charge is 0.160 e. The van der Waals surface area contributed by atoms with Gasteiger partial charge in [0.2, 0.25) is 0 Å². The second kappa shape index (κ2) is 7.77. The van der Waals surface area contributed by atoms with Crippen molar-refractivity contribution in [3.8, 4) is 22.6 Å². The van der Waals surface area contributed by atoms with E-state index in [0.29, 0.717) is 10.8 Å². The number of hydrogen-bond acceptors (Lipinski definition) is 3. The van der Waals surface area contributed by atoms with E-state index in [0.717, 1.165) is 61.8 Å². The van der Waals surface area contributed by atoms with Gasteiger partial charge in [-0.3, -0.25) is 4.68 Å². The molecular formula is C24H21BrClN5. The maximum atomic E-state index is 6.11. The first-order valence-electron chi connectivity index (χ1n) is 10.2. The molecule has 0 aliphatic carbocycles. The Balaban J connectivity index is 1.87. The lowest BCUT2D eigenvalue weighted by molar-refractivity contribution is 0.753. The molecular weight excluding hydrogens is 474 g/mol. The number of halogens is 2. The van der Waals surface area contributed by atoms with Crippen LogP contribution in [0.2, 0.25) is 5.02 Å². The van der Waals surface area contributed by atoms with E-state index in [1.54, 1.807) is 0 Å². The molecule has 3 heterocycles. The van der Waals surface area contributed by atoms with Gasteiger partial charge in [0.15, 0.2) is 5.82 Å². The van der Waals surface area contributed by atoms with Crippen LogP contribution in [0.1, 0.15) is 19.0 Å². The molecule has 0 amide bonds. The van der Waals surface area contributed by atoms with Gasteiger partial charge in [0, 0.05) is 51.8 Å². The standard InChI is InChI=1S/C24H21BrClN5/c1-4-5-19-22-23(31(3)29-19)21(27-24(28-22)14-6-9-16(26)10-7-14)18-13-30(2)20-11-8-15(25)12-17(18)20/h6-13H,4-5H2,1-3H3. The quantitative estimate of drug-likeness (QED) is 0.284. The Labute approximate surface area is 193 Å². The van der Waals surface area contributed by atoms with Crippen LogP contribution >= 0.6 is 27.5 Å². The van der Waals surface area contributed by atoms with Gasteiger partial charge >= 0.3 is 0 Å². The van der Waals surface area contributed by atoms with Crippen LogP contribution in [0.3, 0.4) is 0 Å². The Kier molecular flexibility index (Phi) is 5.07. The fourth-order valence-corrected chi connectivity index (χ4v) is 4.60. The predicted molar refractivity (Wildman–Crippen MR) is 130 cm³/mol. The van der Waals surface area contributed by atoms with Crippen molar-refractivity contribution in [2.45, 2.75) is 19.8 Å². The van der Waals surface area contributed by atoms with Crippen molar-refractivity contribution in [2.24, 2.45) is 14.1 Å². The molecule has 0 atom stereocenters. The second-order valence-corrected chi connectivity index (χ2v) is 9.09. The summed E-state index contributed by atoms with van der Waals surface area (Å²) in [6.45, 7) is 2.16. The summed E-state index contributed by atoms with van der Waals surface area (Å²) in [6.07, 6.45) is 4.01. The van der Waals surface area contributed by atoms with E-state index in [1.165, 1.54) is 0 Å². The van der Waals surface area contributed by atoms with Gasteiger partial charge in [-0.1, -0.05) is 40.9 Å². The fraction of sp³-hybridized carbons (Fsp3) is 0.208. The van der Waals surface area contributed by atoms with Crippen molar-refractivity contribution >= 4 is 49.5 Å². The highest BCUT2D eigenvalue weighted by Gasteiger charge is 2.21. The van der Waals surface area contributed by atoms with E-state index in [9.17, 15) is 0 Å². The molecule has 0 N–H and O–H groups in total.